The summed E-state index contributed by atoms with van der Waals surface area (Å²) in [7, 11) is -12.3. The van der Waals surface area contributed by atoms with Crippen molar-refractivity contribution in [3.8, 4) is 5.75 Å². The molecule has 166 valence electrons. The molecule has 0 bridgehead atoms. The number of urea groups is 1. The first-order valence-electron chi connectivity index (χ1n) is 7.70. The average molecular weight is 494 g/mol. The summed E-state index contributed by atoms with van der Waals surface area (Å²) in [5, 5.41) is 0. The lowest BCUT2D eigenvalue weighted by Crippen LogP contribution is -2.55. The molecule has 0 radical (unpaired) electrons. The largest absolute Gasteiger partial charge is 0.524 e. The Labute approximate surface area is 173 Å². The number of nitrogens with zero attached hydrogens (tertiary/aromatic N) is 3. The van der Waals surface area contributed by atoms with Crippen LogP contribution in [0.5, 0.6) is 5.75 Å². The number of amides is 2. The van der Waals surface area contributed by atoms with Gasteiger partial charge in [0.1, 0.15) is 5.75 Å². The van der Waals surface area contributed by atoms with Crippen molar-refractivity contribution in [2.75, 3.05) is 32.0 Å². The minimum Gasteiger partial charge on any atom is -0.404 e. The number of sulfonamides is 2. The van der Waals surface area contributed by atoms with Crippen molar-refractivity contribution in [2.45, 2.75) is 6.54 Å². The van der Waals surface area contributed by atoms with E-state index in [4.69, 9.17) is 21.4 Å². The van der Waals surface area contributed by atoms with Crippen molar-refractivity contribution < 1.29 is 40.5 Å². The van der Waals surface area contributed by atoms with E-state index < -0.39 is 40.4 Å². The van der Waals surface area contributed by atoms with Crippen molar-refractivity contribution in [3.63, 3.8) is 0 Å². The monoisotopic (exact) mass is 493 g/mol. The Hall–Kier alpha value is -1.41. The maximum atomic E-state index is 12.8. The summed E-state index contributed by atoms with van der Waals surface area (Å²) in [4.78, 5) is 31.6. The van der Waals surface area contributed by atoms with Gasteiger partial charge in [-0.2, -0.15) is 0 Å². The fourth-order valence-electron chi connectivity index (χ4n) is 2.19. The molecule has 2 amide bonds. The number of alkyl halides is 1. The van der Waals surface area contributed by atoms with Gasteiger partial charge in [0, 0.05) is 25.0 Å². The number of benzene rings is 1. The zero-order valence-electron chi connectivity index (χ0n) is 15.7. The third-order valence-electron chi connectivity index (χ3n) is 3.26. The third kappa shape index (κ3) is 7.74. The third-order valence-corrected chi connectivity index (χ3v) is 6.06. The number of rotatable bonds is 9. The molecule has 0 saturated heterocycles. The van der Waals surface area contributed by atoms with E-state index in [-0.39, 0.29) is 28.2 Å². The number of phosphoric acid groups is 1. The number of carbonyl (C=O) groups is 1. The molecule has 0 heterocycles. The average Bonchev–Trinajstić information content (AvgIpc) is 2.52. The summed E-state index contributed by atoms with van der Waals surface area (Å²) < 4.78 is 64.3. The zero-order valence-corrected chi connectivity index (χ0v) is 18.9. The fourth-order valence-corrected chi connectivity index (χ4v) is 5.21. The predicted molar refractivity (Wildman–Crippen MR) is 105 cm³/mol. The lowest BCUT2D eigenvalue weighted by Gasteiger charge is -2.33. The van der Waals surface area contributed by atoms with E-state index in [1.165, 1.54) is 31.3 Å². The van der Waals surface area contributed by atoms with Gasteiger partial charge in [-0.25, -0.2) is 26.2 Å². The van der Waals surface area contributed by atoms with E-state index in [0.717, 1.165) is 4.90 Å². The first kappa shape index (κ1) is 25.6. The van der Waals surface area contributed by atoms with E-state index >= 15 is 0 Å². The number of hydrogen-bond donors (Lipinski definition) is 2. The molecule has 0 aliphatic carbocycles. The molecule has 0 unspecified atom stereocenters. The quantitative estimate of drug-likeness (QED) is 0.281. The number of para-hydroxylation sites is 1. The highest BCUT2D eigenvalue weighted by Crippen LogP contribution is 2.39. The summed E-state index contributed by atoms with van der Waals surface area (Å²) in [5.74, 6) is -0.512. The summed E-state index contributed by atoms with van der Waals surface area (Å²) in [6, 6.07) is 4.36. The van der Waals surface area contributed by atoms with E-state index in [0.29, 0.717) is 16.9 Å². The van der Waals surface area contributed by atoms with E-state index in [1.807, 2.05) is 0 Å². The van der Waals surface area contributed by atoms with Gasteiger partial charge in [-0.05, 0) is 6.07 Å². The maximum Gasteiger partial charge on any atom is 0.524 e. The Morgan fingerprint density at radius 1 is 1.14 bits per heavy atom. The molecule has 0 aromatic heterocycles. The van der Waals surface area contributed by atoms with Crippen LogP contribution in [0.1, 0.15) is 5.56 Å². The minimum absolute atomic E-state index is 0.0666. The molecule has 0 atom stereocenters. The van der Waals surface area contributed by atoms with Gasteiger partial charge in [0.15, 0.2) is 0 Å². The Morgan fingerprint density at radius 3 is 2.14 bits per heavy atom. The highest BCUT2D eigenvalue weighted by atomic mass is 35.5. The fraction of sp³-hybridized carbons (Fsp3) is 0.462. The van der Waals surface area contributed by atoms with Crippen molar-refractivity contribution in [3.05, 3.63) is 29.8 Å². The van der Waals surface area contributed by atoms with Crippen LogP contribution in [0, 0.1) is 0 Å². The molecule has 0 spiro atoms. The lowest BCUT2D eigenvalue weighted by atomic mass is 10.2. The van der Waals surface area contributed by atoms with Crippen molar-refractivity contribution >= 4 is 45.5 Å². The summed E-state index contributed by atoms with van der Waals surface area (Å²) in [6.45, 7) is -0.829. The second kappa shape index (κ2) is 9.60. The zero-order chi connectivity index (χ0) is 22.6. The first-order chi connectivity index (χ1) is 13.1. The number of carbonyl (C=O) groups excluding carboxylic acids is 1. The van der Waals surface area contributed by atoms with Crippen LogP contribution in [-0.2, 0) is 31.2 Å². The molecule has 1 rings (SSSR count). The van der Waals surface area contributed by atoms with Gasteiger partial charge in [-0.3, -0.25) is 9.79 Å². The van der Waals surface area contributed by atoms with Crippen LogP contribution in [0.2, 0.25) is 0 Å². The number of hydrogen-bond acceptors (Lipinski definition) is 7. The van der Waals surface area contributed by atoms with Crippen molar-refractivity contribution in [1.82, 2.24) is 13.7 Å². The number of phosphoric ester groups is 1. The van der Waals surface area contributed by atoms with Crippen molar-refractivity contribution in [2.24, 2.45) is 0 Å². The Morgan fingerprint density at radius 2 is 1.69 bits per heavy atom. The maximum absolute atomic E-state index is 12.8. The standard InChI is InChI=1S/C13H21ClN3O9PS2/c1-15(10-11-6-4-5-7-12(11)26-27(19,20)21)13(18)17(29(3,24)25)16(9-8-14)28(2,22)23/h4-7H,8-10H2,1-3H3,(H2,19,20,21). The highest BCUT2D eigenvalue weighted by Gasteiger charge is 2.37. The van der Waals surface area contributed by atoms with E-state index in [2.05, 4.69) is 4.52 Å². The van der Waals surface area contributed by atoms with Gasteiger partial charge in [-0.1, -0.05) is 22.6 Å². The van der Waals surface area contributed by atoms with Crippen LogP contribution in [-0.4, -0.2) is 78.4 Å². The van der Waals surface area contributed by atoms with Crippen LogP contribution in [0.25, 0.3) is 0 Å². The molecule has 29 heavy (non-hydrogen) atoms. The molecule has 1 aromatic rings. The van der Waals surface area contributed by atoms with Gasteiger partial charge in [0.25, 0.3) is 10.0 Å². The molecule has 0 fully saturated rings. The molecule has 0 aliphatic rings. The normalized spacial score (nSPS) is 12.7. The van der Waals surface area contributed by atoms with E-state index in [9.17, 15) is 26.2 Å². The summed E-state index contributed by atoms with van der Waals surface area (Å²) >= 11 is 5.55. The molecular weight excluding hydrogens is 473 g/mol. The predicted octanol–water partition coefficient (Wildman–Crippen LogP) is 0.387. The van der Waals surface area contributed by atoms with E-state index in [1.54, 1.807) is 0 Å². The van der Waals surface area contributed by atoms with Gasteiger partial charge in [0.2, 0.25) is 10.0 Å². The molecule has 0 aliphatic heterocycles. The molecule has 12 nitrogen and oxygen atoms in total. The second-order valence-electron chi connectivity index (χ2n) is 5.83. The minimum atomic E-state index is -4.89. The molecular formula is C13H21ClN3O9PS2. The number of hydrazine groups is 1. The molecule has 1 aromatic carbocycles. The van der Waals surface area contributed by atoms with Gasteiger partial charge >= 0.3 is 13.9 Å². The molecule has 16 heteroatoms. The van der Waals surface area contributed by atoms with Crippen LogP contribution >= 0.6 is 19.4 Å². The smallest absolute Gasteiger partial charge is 0.404 e. The topological polar surface area (TPSA) is 162 Å². The Bertz CT molecular complexity index is 997. The molecule has 2 N–H and O–H groups in total. The highest BCUT2D eigenvalue weighted by molar-refractivity contribution is 7.91. The van der Waals surface area contributed by atoms with Crippen LogP contribution in [0.15, 0.2) is 24.3 Å². The van der Waals surface area contributed by atoms with Gasteiger partial charge in [-0.15, -0.1) is 16.0 Å². The van der Waals surface area contributed by atoms with Crippen LogP contribution in [0.4, 0.5) is 4.79 Å². The SMILES string of the molecule is CN(Cc1ccccc1OP(=O)(O)O)C(=O)N(N(CCCl)S(C)(=O)=O)S(C)(=O)=O. The lowest BCUT2D eigenvalue weighted by molar-refractivity contribution is 0.133. The van der Waals surface area contributed by atoms with Crippen LogP contribution in [0.3, 0.4) is 0 Å². The summed E-state index contributed by atoms with van der Waals surface area (Å²) in [5.41, 5.74) is 0.142. The Kier molecular flexibility index (Phi) is 8.48. The first-order valence-corrected chi connectivity index (χ1v) is 13.5. The Balaban J connectivity index is 3.28. The van der Waals surface area contributed by atoms with Crippen molar-refractivity contribution in [1.29, 1.82) is 0 Å². The van der Waals surface area contributed by atoms with Gasteiger partial charge < -0.3 is 9.42 Å². The molecule has 0 saturated carbocycles. The van der Waals surface area contributed by atoms with Crippen LogP contribution < -0.4 is 4.52 Å². The summed E-state index contributed by atoms with van der Waals surface area (Å²) in [6.07, 6.45) is 1.37. The van der Waals surface area contributed by atoms with Gasteiger partial charge in [0.05, 0.1) is 19.1 Å². The number of halogens is 1. The second-order valence-corrected chi connectivity index (χ2v) is 11.1.